The molecule has 1 aliphatic heterocycles. The van der Waals surface area contributed by atoms with Crippen molar-refractivity contribution < 1.29 is 4.79 Å². The lowest BCUT2D eigenvalue weighted by Crippen LogP contribution is -2.40. The maximum atomic E-state index is 12.9. The number of amides is 1. The number of hydrogen-bond acceptors (Lipinski definition) is 4. The topological polar surface area (TPSA) is 48.5 Å². The maximum Gasteiger partial charge on any atom is 0.255 e. The van der Waals surface area contributed by atoms with E-state index in [0.29, 0.717) is 11.5 Å². The second-order valence-electron chi connectivity index (χ2n) is 8.18. The van der Waals surface area contributed by atoms with E-state index in [2.05, 4.69) is 29.0 Å². The van der Waals surface area contributed by atoms with Crippen molar-refractivity contribution in [3.8, 4) is 0 Å². The van der Waals surface area contributed by atoms with Crippen molar-refractivity contribution in [2.45, 2.75) is 58.4 Å². The van der Waals surface area contributed by atoms with Gasteiger partial charge in [0.25, 0.3) is 5.91 Å². The van der Waals surface area contributed by atoms with Crippen LogP contribution in [-0.2, 0) is 0 Å². The van der Waals surface area contributed by atoms with E-state index < -0.39 is 0 Å². The van der Waals surface area contributed by atoms with Crippen molar-refractivity contribution in [2.75, 3.05) is 38.0 Å². The maximum absolute atomic E-state index is 12.9. The van der Waals surface area contributed by atoms with E-state index >= 15 is 0 Å². The lowest BCUT2D eigenvalue weighted by Gasteiger charge is -2.33. The SMILES string of the molecule is CC(C)CNc1ccc(C(=O)N2CCCN(C3CCCCC3)CC2)cn1. The molecule has 5 nitrogen and oxygen atoms in total. The molecule has 0 atom stereocenters. The Labute approximate surface area is 158 Å². The number of rotatable bonds is 5. The van der Waals surface area contributed by atoms with E-state index in [9.17, 15) is 4.79 Å². The molecule has 1 aromatic rings. The van der Waals surface area contributed by atoms with Crippen LogP contribution < -0.4 is 5.32 Å². The molecule has 0 radical (unpaired) electrons. The van der Waals surface area contributed by atoms with Crippen molar-refractivity contribution >= 4 is 11.7 Å². The molecule has 1 amide bonds. The summed E-state index contributed by atoms with van der Waals surface area (Å²) in [6, 6.07) is 4.57. The van der Waals surface area contributed by atoms with Gasteiger partial charge in [0.15, 0.2) is 0 Å². The molecule has 1 N–H and O–H groups in total. The fourth-order valence-electron chi connectivity index (χ4n) is 4.07. The second-order valence-corrected chi connectivity index (χ2v) is 8.18. The summed E-state index contributed by atoms with van der Waals surface area (Å²) < 4.78 is 0. The van der Waals surface area contributed by atoms with Crippen LogP contribution in [0.1, 0.15) is 62.7 Å². The van der Waals surface area contributed by atoms with Crippen LogP contribution in [0.4, 0.5) is 5.82 Å². The second kappa shape index (κ2) is 9.36. The predicted molar refractivity (Wildman–Crippen MR) is 107 cm³/mol. The molecular weight excluding hydrogens is 324 g/mol. The molecule has 1 saturated carbocycles. The van der Waals surface area contributed by atoms with E-state index in [0.717, 1.165) is 51.0 Å². The number of hydrogen-bond donors (Lipinski definition) is 1. The van der Waals surface area contributed by atoms with Gasteiger partial charge in [-0.25, -0.2) is 4.98 Å². The van der Waals surface area contributed by atoms with Gasteiger partial charge in [0, 0.05) is 45.0 Å². The smallest absolute Gasteiger partial charge is 0.255 e. The van der Waals surface area contributed by atoms with Crippen molar-refractivity contribution in [2.24, 2.45) is 5.92 Å². The fourth-order valence-corrected chi connectivity index (χ4v) is 4.07. The Balaban J connectivity index is 1.54. The Kier molecular flexibility index (Phi) is 6.89. The minimum Gasteiger partial charge on any atom is -0.370 e. The van der Waals surface area contributed by atoms with Crippen LogP contribution in [0.15, 0.2) is 18.3 Å². The number of carbonyl (C=O) groups is 1. The molecule has 144 valence electrons. The standard InChI is InChI=1S/C21H34N4O/c1-17(2)15-22-20-10-9-18(16-23-20)21(26)25-12-6-11-24(13-14-25)19-7-4-3-5-8-19/h9-10,16-17,19H,3-8,11-15H2,1-2H3,(H,22,23). The molecular formula is C21H34N4O. The summed E-state index contributed by atoms with van der Waals surface area (Å²) in [5.41, 5.74) is 0.700. The summed E-state index contributed by atoms with van der Waals surface area (Å²) in [5, 5.41) is 3.30. The third-order valence-electron chi connectivity index (χ3n) is 5.61. The van der Waals surface area contributed by atoms with E-state index in [1.54, 1.807) is 6.20 Å². The molecule has 5 heteroatoms. The highest BCUT2D eigenvalue weighted by atomic mass is 16.2. The van der Waals surface area contributed by atoms with Gasteiger partial charge >= 0.3 is 0 Å². The zero-order valence-corrected chi connectivity index (χ0v) is 16.4. The van der Waals surface area contributed by atoms with Gasteiger partial charge in [-0.05, 0) is 37.3 Å². The largest absolute Gasteiger partial charge is 0.370 e. The normalized spacial score (nSPS) is 20.2. The number of nitrogens with one attached hydrogen (secondary N) is 1. The van der Waals surface area contributed by atoms with E-state index in [1.807, 2.05) is 17.0 Å². The van der Waals surface area contributed by atoms with Gasteiger partial charge in [0.05, 0.1) is 5.56 Å². The molecule has 1 aliphatic carbocycles. The molecule has 1 saturated heterocycles. The van der Waals surface area contributed by atoms with Crippen molar-refractivity contribution in [3.63, 3.8) is 0 Å². The van der Waals surface area contributed by atoms with Gasteiger partial charge in [-0.3, -0.25) is 9.69 Å². The number of aromatic nitrogens is 1. The minimum atomic E-state index is 0.124. The monoisotopic (exact) mass is 358 g/mol. The third-order valence-corrected chi connectivity index (χ3v) is 5.61. The molecule has 2 aliphatic rings. The molecule has 0 unspecified atom stereocenters. The first-order valence-corrected chi connectivity index (χ1v) is 10.4. The van der Waals surface area contributed by atoms with Crippen LogP contribution in [0, 0.1) is 5.92 Å². The van der Waals surface area contributed by atoms with Crippen LogP contribution in [0.25, 0.3) is 0 Å². The summed E-state index contributed by atoms with van der Waals surface area (Å²) in [5.74, 6) is 1.54. The van der Waals surface area contributed by atoms with Crippen LogP contribution in [0.5, 0.6) is 0 Å². The quantitative estimate of drug-likeness (QED) is 0.873. The minimum absolute atomic E-state index is 0.124. The van der Waals surface area contributed by atoms with Crippen molar-refractivity contribution in [1.82, 2.24) is 14.8 Å². The third kappa shape index (κ3) is 5.19. The van der Waals surface area contributed by atoms with Crippen LogP contribution in [-0.4, -0.2) is 59.5 Å². The lowest BCUT2D eigenvalue weighted by molar-refractivity contribution is 0.0754. The average molecular weight is 359 g/mol. The van der Waals surface area contributed by atoms with E-state index in [4.69, 9.17) is 0 Å². The summed E-state index contributed by atoms with van der Waals surface area (Å²) in [6.45, 7) is 9.06. The zero-order chi connectivity index (χ0) is 18.4. The highest BCUT2D eigenvalue weighted by Crippen LogP contribution is 2.23. The molecule has 0 spiro atoms. The Morgan fingerprint density at radius 1 is 1.12 bits per heavy atom. The first kappa shape index (κ1) is 19.2. The molecule has 1 aromatic heterocycles. The van der Waals surface area contributed by atoms with E-state index in [-0.39, 0.29) is 5.91 Å². The number of anilines is 1. The molecule has 0 bridgehead atoms. The zero-order valence-electron chi connectivity index (χ0n) is 16.4. The molecule has 26 heavy (non-hydrogen) atoms. The Morgan fingerprint density at radius 3 is 2.62 bits per heavy atom. The fraction of sp³-hybridized carbons (Fsp3) is 0.714. The lowest BCUT2D eigenvalue weighted by atomic mass is 9.94. The van der Waals surface area contributed by atoms with Gasteiger partial charge in [-0.2, -0.15) is 0 Å². The Hall–Kier alpha value is -1.62. The Morgan fingerprint density at radius 2 is 1.92 bits per heavy atom. The number of pyridine rings is 1. The van der Waals surface area contributed by atoms with E-state index in [1.165, 1.54) is 32.1 Å². The first-order valence-electron chi connectivity index (χ1n) is 10.4. The summed E-state index contributed by atoms with van der Waals surface area (Å²) in [7, 11) is 0. The van der Waals surface area contributed by atoms with Gasteiger partial charge in [0.2, 0.25) is 0 Å². The van der Waals surface area contributed by atoms with Crippen LogP contribution in [0.2, 0.25) is 0 Å². The average Bonchev–Trinajstić information content (AvgIpc) is 2.93. The molecule has 3 rings (SSSR count). The summed E-state index contributed by atoms with van der Waals surface area (Å²) in [6.07, 6.45) is 9.59. The highest BCUT2D eigenvalue weighted by molar-refractivity contribution is 5.94. The van der Waals surface area contributed by atoms with Gasteiger partial charge in [0.1, 0.15) is 5.82 Å². The van der Waals surface area contributed by atoms with Crippen LogP contribution >= 0.6 is 0 Å². The Bertz CT molecular complexity index is 566. The summed E-state index contributed by atoms with van der Waals surface area (Å²) >= 11 is 0. The van der Waals surface area contributed by atoms with Gasteiger partial charge in [-0.15, -0.1) is 0 Å². The summed E-state index contributed by atoms with van der Waals surface area (Å²) in [4.78, 5) is 21.9. The van der Waals surface area contributed by atoms with Gasteiger partial charge in [-0.1, -0.05) is 33.1 Å². The first-order chi connectivity index (χ1) is 12.6. The highest BCUT2D eigenvalue weighted by Gasteiger charge is 2.25. The van der Waals surface area contributed by atoms with Crippen LogP contribution in [0.3, 0.4) is 0 Å². The molecule has 2 fully saturated rings. The molecule has 0 aromatic carbocycles. The van der Waals surface area contributed by atoms with Gasteiger partial charge < -0.3 is 10.2 Å². The predicted octanol–water partition coefficient (Wildman–Crippen LogP) is 3.63. The van der Waals surface area contributed by atoms with Crippen molar-refractivity contribution in [3.05, 3.63) is 23.9 Å². The number of carbonyl (C=O) groups excluding carboxylic acids is 1. The number of nitrogens with zero attached hydrogens (tertiary/aromatic N) is 3. The van der Waals surface area contributed by atoms with Crippen molar-refractivity contribution in [1.29, 1.82) is 0 Å². The molecule has 2 heterocycles.